The molecule has 0 radical (unpaired) electrons. The SMILES string of the molecule is COC(=O)c1ccc2cc(C(=O)c3ccc4c(c3)C(C)(C)CCS4)ccc2c1. The van der Waals surface area contributed by atoms with E-state index in [4.69, 9.17) is 4.74 Å². The zero-order chi connectivity index (χ0) is 19.9. The first-order chi connectivity index (χ1) is 13.4. The van der Waals surface area contributed by atoms with Crippen LogP contribution in [0, 0.1) is 0 Å². The summed E-state index contributed by atoms with van der Waals surface area (Å²) in [4.78, 5) is 26.1. The molecule has 0 spiro atoms. The van der Waals surface area contributed by atoms with E-state index in [9.17, 15) is 9.59 Å². The summed E-state index contributed by atoms with van der Waals surface area (Å²) in [6.07, 6.45) is 1.11. The fourth-order valence-electron chi connectivity index (χ4n) is 3.68. The summed E-state index contributed by atoms with van der Waals surface area (Å²) in [7, 11) is 1.37. The third kappa shape index (κ3) is 3.33. The normalized spacial score (nSPS) is 15.1. The number of ketones is 1. The molecule has 0 atom stereocenters. The third-order valence-corrected chi connectivity index (χ3v) is 6.55. The number of hydrogen-bond donors (Lipinski definition) is 0. The second-order valence-electron chi connectivity index (χ2n) is 7.79. The van der Waals surface area contributed by atoms with Crippen molar-refractivity contribution in [2.45, 2.75) is 30.6 Å². The van der Waals surface area contributed by atoms with Crippen LogP contribution in [0.15, 0.2) is 59.5 Å². The zero-order valence-corrected chi connectivity index (χ0v) is 17.1. The quantitative estimate of drug-likeness (QED) is 0.429. The highest BCUT2D eigenvalue weighted by Crippen LogP contribution is 2.42. The van der Waals surface area contributed by atoms with Crippen molar-refractivity contribution in [3.05, 3.63) is 76.9 Å². The van der Waals surface area contributed by atoms with Gasteiger partial charge in [-0.15, -0.1) is 11.8 Å². The number of ether oxygens (including phenoxy) is 1. The molecule has 0 saturated carbocycles. The lowest BCUT2D eigenvalue weighted by Gasteiger charge is -2.32. The summed E-state index contributed by atoms with van der Waals surface area (Å²) in [6.45, 7) is 4.49. The highest BCUT2D eigenvalue weighted by atomic mass is 32.2. The van der Waals surface area contributed by atoms with Crippen LogP contribution < -0.4 is 0 Å². The second kappa shape index (κ2) is 7.10. The van der Waals surface area contributed by atoms with Crippen LogP contribution in [0.2, 0.25) is 0 Å². The number of benzene rings is 3. The molecule has 1 aliphatic rings. The molecule has 0 saturated heterocycles. The summed E-state index contributed by atoms with van der Waals surface area (Å²) in [5, 5.41) is 1.83. The molecule has 1 aliphatic heterocycles. The molecule has 28 heavy (non-hydrogen) atoms. The topological polar surface area (TPSA) is 43.4 Å². The van der Waals surface area contributed by atoms with Crippen LogP contribution in [0.5, 0.6) is 0 Å². The highest BCUT2D eigenvalue weighted by molar-refractivity contribution is 7.99. The second-order valence-corrected chi connectivity index (χ2v) is 8.93. The van der Waals surface area contributed by atoms with Gasteiger partial charge in [0.05, 0.1) is 12.7 Å². The van der Waals surface area contributed by atoms with Crippen LogP contribution in [0.4, 0.5) is 0 Å². The molecular weight excluding hydrogens is 368 g/mol. The number of carbonyl (C=O) groups is 2. The summed E-state index contributed by atoms with van der Waals surface area (Å²) in [5.74, 6) is 0.774. The van der Waals surface area contributed by atoms with Crippen LogP contribution in [-0.4, -0.2) is 24.6 Å². The van der Waals surface area contributed by atoms with Gasteiger partial charge in [0.2, 0.25) is 0 Å². The van der Waals surface area contributed by atoms with Crippen LogP contribution in [0.25, 0.3) is 10.8 Å². The molecule has 0 aliphatic carbocycles. The summed E-state index contributed by atoms with van der Waals surface area (Å²) in [5.41, 5.74) is 3.23. The summed E-state index contributed by atoms with van der Waals surface area (Å²) in [6, 6.07) is 17.0. The molecule has 3 aromatic carbocycles. The maximum absolute atomic E-state index is 13.1. The largest absolute Gasteiger partial charge is 0.465 e. The standard InChI is InChI=1S/C24H22O3S/c1-24(2)10-11-28-21-9-8-18(14-20(21)24)22(25)17-6-4-16-13-19(23(26)27-3)7-5-15(16)12-17/h4-9,12-14H,10-11H2,1-3H3. The molecule has 3 nitrogen and oxygen atoms in total. The first-order valence-electron chi connectivity index (χ1n) is 9.33. The number of esters is 1. The van der Waals surface area contributed by atoms with Crippen LogP contribution in [0.3, 0.4) is 0 Å². The molecule has 1 heterocycles. The monoisotopic (exact) mass is 390 g/mol. The molecule has 0 unspecified atom stereocenters. The van der Waals surface area contributed by atoms with Crippen LogP contribution >= 0.6 is 11.8 Å². The van der Waals surface area contributed by atoms with Crippen molar-refractivity contribution in [1.29, 1.82) is 0 Å². The lowest BCUT2D eigenvalue weighted by molar-refractivity contribution is 0.0600. The van der Waals surface area contributed by atoms with Gasteiger partial charge in [0, 0.05) is 16.0 Å². The molecule has 0 amide bonds. The minimum Gasteiger partial charge on any atom is -0.465 e. The molecule has 142 valence electrons. The minimum atomic E-state index is -0.364. The lowest BCUT2D eigenvalue weighted by Crippen LogP contribution is -2.23. The summed E-state index contributed by atoms with van der Waals surface area (Å²) >= 11 is 1.87. The average molecular weight is 391 g/mol. The van der Waals surface area contributed by atoms with Crippen LogP contribution in [0.1, 0.15) is 52.1 Å². The highest BCUT2D eigenvalue weighted by Gasteiger charge is 2.28. The van der Waals surface area contributed by atoms with Gasteiger partial charge in [-0.1, -0.05) is 32.0 Å². The molecule has 0 fully saturated rings. The van der Waals surface area contributed by atoms with E-state index in [2.05, 4.69) is 26.0 Å². The Morgan fingerprint density at radius 2 is 1.50 bits per heavy atom. The van der Waals surface area contributed by atoms with Crippen molar-refractivity contribution in [3.8, 4) is 0 Å². The average Bonchev–Trinajstić information content (AvgIpc) is 2.71. The van der Waals surface area contributed by atoms with Gasteiger partial charge in [-0.2, -0.15) is 0 Å². The number of thioether (sulfide) groups is 1. The fraction of sp³-hybridized carbons (Fsp3) is 0.250. The Hall–Kier alpha value is -2.59. The number of methoxy groups -OCH3 is 1. The Bertz CT molecular complexity index is 1100. The van der Waals surface area contributed by atoms with E-state index >= 15 is 0 Å². The molecule has 4 heteroatoms. The molecule has 0 bridgehead atoms. The van der Waals surface area contributed by atoms with Crippen molar-refractivity contribution >= 4 is 34.3 Å². The maximum atomic E-state index is 13.1. The van der Waals surface area contributed by atoms with Crippen molar-refractivity contribution in [2.24, 2.45) is 0 Å². The Morgan fingerprint density at radius 3 is 2.21 bits per heavy atom. The van der Waals surface area contributed by atoms with Gasteiger partial charge in [0.25, 0.3) is 0 Å². The number of rotatable bonds is 3. The van der Waals surface area contributed by atoms with E-state index in [1.165, 1.54) is 17.6 Å². The van der Waals surface area contributed by atoms with Gasteiger partial charge in [-0.25, -0.2) is 4.79 Å². The predicted octanol–water partition coefficient (Wildman–Crippen LogP) is 5.63. The van der Waals surface area contributed by atoms with Gasteiger partial charge in [0.1, 0.15) is 0 Å². The molecule has 3 aromatic rings. The molecule has 0 aromatic heterocycles. The van der Waals surface area contributed by atoms with Gasteiger partial charge in [-0.3, -0.25) is 4.79 Å². The maximum Gasteiger partial charge on any atom is 0.337 e. The third-order valence-electron chi connectivity index (χ3n) is 5.48. The van der Waals surface area contributed by atoms with Gasteiger partial charge in [0.15, 0.2) is 5.78 Å². The van der Waals surface area contributed by atoms with E-state index in [0.29, 0.717) is 11.1 Å². The minimum absolute atomic E-state index is 0.0214. The van der Waals surface area contributed by atoms with Crippen LogP contribution in [-0.2, 0) is 10.2 Å². The predicted molar refractivity (Wildman–Crippen MR) is 114 cm³/mol. The van der Waals surface area contributed by atoms with Crippen molar-refractivity contribution < 1.29 is 14.3 Å². The first-order valence-corrected chi connectivity index (χ1v) is 10.3. The Kier molecular flexibility index (Phi) is 4.76. The Labute approximate surface area is 169 Å². The fourth-order valence-corrected chi connectivity index (χ4v) is 5.16. The molecular formula is C24H22O3S. The Balaban J connectivity index is 1.70. The van der Waals surface area contributed by atoms with Crippen molar-refractivity contribution in [3.63, 3.8) is 0 Å². The van der Waals surface area contributed by atoms with E-state index in [-0.39, 0.29) is 17.2 Å². The van der Waals surface area contributed by atoms with E-state index in [1.807, 2.05) is 42.1 Å². The molecule has 4 rings (SSSR count). The van der Waals surface area contributed by atoms with Crippen molar-refractivity contribution in [1.82, 2.24) is 0 Å². The first kappa shape index (κ1) is 18.8. The van der Waals surface area contributed by atoms with Crippen molar-refractivity contribution in [2.75, 3.05) is 12.9 Å². The van der Waals surface area contributed by atoms with E-state index in [1.54, 1.807) is 12.1 Å². The van der Waals surface area contributed by atoms with E-state index < -0.39 is 0 Å². The van der Waals surface area contributed by atoms with E-state index in [0.717, 1.165) is 28.5 Å². The number of carbonyl (C=O) groups excluding carboxylic acids is 2. The molecule has 0 N–H and O–H groups in total. The van der Waals surface area contributed by atoms with Gasteiger partial charge < -0.3 is 4.74 Å². The zero-order valence-electron chi connectivity index (χ0n) is 16.2. The number of fused-ring (bicyclic) bond motifs is 2. The van der Waals surface area contributed by atoms with Gasteiger partial charge in [-0.05, 0) is 70.3 Å². The van der Waals surface area contributed by atoms with Gasteiger partial charge >= 0.3 is 5.97 Å². The summed E-state index contributed by atoms with van der Waals surface area (Å²) < 4.78 is 4.77. The smallest absolute Gasteiger partial charge is 0.337 e. The Morgan fingerprint density at radius 1 is 0.893 bits per heavy atom. The number of hydrogen-bond acceptors (Lipinski definition) is 4. The lowest BCUT2D eigenvalue weighted by atomic mass is 9.80.